The Morgan fingerprint density at radius 2 is 1.85 bits per heavy atom. The monoisotopic (exact) mass is 200 g/mol. The van der Waals surface area contributed by atoms with Crippen LogP contribution in [0, 0.1) is 0 Å². The molecular formula is C10H15ClNO+. The Labute approximate surface area is 83.6 Å². The van der Waals surface area contributed by atoms with E-state index in [-0.39, 0.29) is 0 Å². The van der Waals surface area contributed by atoms with E-state index in [2.05, 4.69) is 5.73 Å². The summed E-state index contributed by atoms with van der Waals surface area (Å²) in [7, 11) is 0. The smallest absolute Gasteiger partial charge is 0.119 e. The summed E-state index contributed by atoms with van der Waals surface area (Å²) in [5.74, 6) is 0.883. The standard InChI is InChI=1S/C10H14ClNO/c11-9-3-5-10(6-4-9)13-8-2-1-7-12/h3-6H,1-2,7-8,12H2/p+1. The largest absolute Gasteiger partial charge is 0.494 e. The van der Waals surface area contributed by atoms with Crippen LogP contribution < -0.4 is 10.5 Å². The van der Waals surface area contributed by atoms with Crippen molar-refractivity contribution in [2.24, 2.45) is 0 Å². The zero-order chi connectivity index (χ0) is 9.52. The number of hydrogen-bond donors (Lipinski definition) is 1. The van der Waals surface area contributed by atoms with Crippen molar-refractivity contribution in [1.29, 1.82) is 0 Å². The highest BCUT2D eigenvalue weighted by atomic mass is 35.5. The van der Waals surface area contributed by atoms with Gasteiger partial charge >= 0.3 is 0 Å². The second-order valence-electron chi connectivity index (χ2n) is 2.86. The van der Waals surface area contributed by atoms with E-state index in [1.165, 1.54) is 0 Å². The van der Waals surface area contributed by atoms with Crippen molar-refractivity contribution in [1.82, 2.24) is 0 Å². The lowest BCUT2D eigenvalue weighted by Crippen LogP contribution is -2.50. The summed E-state index contributed by atoms with van der Waals surface area (Å²) in [6, 6.07) is 7.43. The van der Waals surface area contributed by atoms with Gasteiger partial charge in [0, 0.05) is 5.02 Å². The minimum Gasteiger partial charge on any atom is -0.494 e. The Morgan fingerprint density at radius 1 is 1.15 bits per heavy atom. The molecule has 1 aromatic carbocycles. The first-order valence-corrected chi connectivity index (χ1v) is 4.88. The number of quaternary nitrogens is 1. The number of ether oxygens (including phenoxy) is 1. The fraction of sp³-hybridized carbons (Fsp3) is 0.400. The molecule has 0 radical (unpaired) electrons. The van der Waals surface area contributed by atoms with E-state index in [1.807, 2.05) is 24.3 Å². The summed E-state index contributed by atoms with van der Waals surface area (Å²) in [6.45, 7) is 1.74. The zero-order valence-electron chi connectivity index (χ0n) is 7.63. The fourth-order valence-electron chi connectivity index (χ4n) is 1.000. The van der Waals surface area contributed by atoms with Crippen LogP contribution in [-0.2, 0) is 0 Å². The number of hydrogen-bond acceptors (Lipinski definition) is 1. The van der Waals surface area contributed by atoms with Crippen LogP contribution in [0.15, 0.2) is 24.3 Å². The Hall–Kier alpha value is -0.730. The molecule has 0 spiro atoms. The van der Waals surface area contributed by atoms with Crippen LogP contribution in [0.25, 0.3) is 0 Å². The average molecular weight is 201 g/mol. The van der Waals surface area contributed by atoms with Gasteiger partial charge in [-0.05, 0) is 37.1 Å². The second kappa shape index (κ2) is 5.84. The molecule has 0 heterocycles. The third kappa shape index (κ3) is 4.15. The molecule has 0 bridgehead atoms. The van der Waals surface area contributed by atoms with Crippen LogP contribution in [0.4, 0.5) is 0 Å². The average Bonchev–Trinajstić information content (AvgIpc) is 2.15. The Kier molecular flexibility index (Phi) is 4.65. The second-order valence-corrected chi connectivity index (χ2v) is 3.30. The van der Waals surface area contributed by atoms with Gasteiger partial charge in [-0.1, -0.05) is 11.6 Å². The van der Waals surface area contributed by atoms with E-state index < -0.39 is 0 Å². The maximum atomic E-state index is 5.73. The van der Waals surface area contributed by atoms with Gasteiger partial charge in [0.1, 0.15) is 5.75 Å². The summed E-state index contributed by atoms with van der Waals surface area (Å²) in [5, 5.41) is 0.741. The first-order valence-electron chi connectivity index (χ1n) is 4.50. The maximum Gasteiger partial charge on any atom is 0.119 e. The van der Waals surface area contributed by atoms with Crippen molar-refractivity contribution >= 4 is 11.6 Å². The van der Waals surface area contributed by atoms with Gasteiger partial charge in [-0.25, -0.2) is 0 Å². The molecule has 13 heavy (non-hydrogen) atoms. The predicted molar refractivity (Wildman–Crippen MR) is 53.9 cm³/mol. The van der Waals surface area contributed by atoms with Crippen molar-refractivity contribution < 1.29 is 10.5 Å². The van der Waals surface area contributed by atoms with Gasteiger partial charge < -0.3 is 10.5 Å². The Morgan fingerprint density at radius 3 is 2.46 bits per heavy atom. The van der Waals surface area contributed by atoms with Crippen LogP contribution in [0.3, 0.4) is 0 Å². The molecule has 0 aliphatic heterocycles. The number of unbranched alkanes of at least 4 members (excludes halogenated alkanes) is 1. The van der Waals surface area contributed by atoms with Gasteiger partial charge in [-0.3, -0.25) is 0 Å². The number of rotatable bonds is 5. The van der Waals surface area contributed by atoms with E-state index in [4.69, 9.17) is 16.3 Å². The zero-order valence-corrected chi connectivity index (χ0v) is 8.39. The Bertz CT molecular complexity index is 235. The first-order chi connectivity index (χ1) is 6.33. The number of benzene rings is 1. The summed E-state index contributed by atoms with van der Waals surface area (Å²) in [6.07, 6.45) is 2.18. The van der Waals surface area contributed by atoms with Gasteiger partial charge in [0.2, 0.25) is 0 Å². The maximum absolute atomic E-state index is 5.73. The SMILES string of the molecule is [NH3+]CCCCOc1ccc(Cl)cc1. The van der Waals surface area contributed by atoms with Crippen molar-refractivity contribution in [3.63, 3.8) is 0 Å². The molecule has 1 aromatic rings. The highest BCUT2D eigenvalue weighted by molar-refractivity contribution is 6.30. The summed E-state index contributed by atoms with van der Waals surface area (Å²) < 4.78 is 5.48. The topological polar surface area (TPSA) is 36.9 Å². The van der Waals surface area contributed by atoms with Crippen LogP contribution >= 0.6 is 11.6 Å². The first kappa shape index (κ1) is 10.4. The van der Waals surface area contributed by atoms with Crippen molar-refractivity contribution in [3.8, 4) is 5.75 Å². The van der Waals surface area contributed by atoms with Crippen molar-refractivity contribution in [3.05, 3.63) is 29.3 Å². The molecule has 0 saturated heterocycles. The van der Waals surface area contributed by atoms with Crippen LogP contribution in [0.5, 0.6) is 5.75 Å². The fourth-order valence-corrected chi connectivity index (χ4v) is 1.13. The highest BCUT2D eigenvalue weighted by Gasteiger charge is 1.93. The van der Waals surface area contributed by atoms with Crippen molar-refractivity contribution in [2.75, 3.05) is 13.2 Å². The molecule has 0 unspecified atom stereocenters. The van der Waals surface area contributed by atoms with Crippen LogP contribution in [-0.4, -0.2) is 13.2 Å². The minimum atomic E-state index is 0.741. The van der Waals surface area contributed by atoms with Gasteiger partial charge in [-0.2, -0.15) is 0 Å². The molecule has 1 rings (SSSR count). The Balaban J connectivity index is 2.25. The minimum absolute atomic E-state index is 0.741. The molecule has 3 N–H and O–H groups in total. The lowest BCUT2D eigenvalue weighted by molar-refractivity contribution is -0.368. The molecule has 0 fully saturated rings. The highest BCUT2D eigenvalue weighted by Crippen LogP contribution is 2.15. The molecule has 0 atom stereocenters. The summed E-state index contributed by atoms with van der Waals surface area (Å²) in [4.78, 5) is 0. The molecule has 0 aromatic heterocycles. The van der Waals surface area contributed by atoms with Crippen LogP contribution in [0.2, 0.25) is 5.02 Å². The molecule has 3 heteroatoms. The van der Waals surface area contributed by atoms with Gasteiger partial charge in [-0.15, -0.1) is 0 Å². The van der Waals surface area contributed by atoms with Crippen molar-refractivity contribution in [2.45, 2.75) is 12.8 Å². The number of halogens is 1. The summed E-state index contributed by atoms with van der Waals surface area (Å²) >= 11 is 5.73. The molecule has 0 amide bonds. The van der Waals surface area contributed by atoms with Gasteiger partial charge in [0.25, 0.3) is 0 Å². The lowest BCUT2D eigenvalue weighted by atomic mass is 10.3. The molecule has 0 saturated carbocycles. The third-order valence-electron chi connectivity index (χ3n) is 1.73. The predicted octanol–water partition coefficient (Wildman–Crippen LogP) is 1.74. The van der Waals surface area contributed by atoms with E-state index >= 15 is 0 Å². The molecule has 2 nitrogen and oxygen atoms in total. The van der Waals surface area contributed by atoms with E-state index in [9.17, 15) is 0 Å². The van der Waals surface area contributed by atoms with Gasteiger partial charge in [0.05, 0.1) is 13.2 Å². The quantitative estimate of drug-likeness (QED) is 0.723. The third-order valence-corrected chi connectivity index (χ3v) is 1.98. The molecule has 0 aliphatic carbocycles. The van der Waals surface area contributed by atoms with E-state index in [0.29, 0.717) is 0 Å². The lowest BCUT2D eigenvalue weighted by Gasteiger charge is -2.04. The van der Waals surface area contributed by atoms with E-state index in [0.717, 1.165) is 36.8 Å². The summed E-state index contributed by atoms with van der Waals surface area (Å²) in [5.41, 5.74) is 3.77. The van der Waals surface area contributed by atoms with Crippen LogP contribution in [0.1, 0.15) is 12.8 Å². The molecule has 72 valence electrons. The molecule has 0 aliphatic rings. The van der Waals surface area contributed by atoms with Gasteiger partial charge in [0.15, 0.2) is 0 Å². The van der Waals surface area contributed by atoms with E-state index in [1.54, 1.807) is 0 Å². The normalized spacial score (nSPS) is 10.0. The molecular weight excluding hydrogens is 186 g/mol.